The van der Waals surface area contributed by atoms with Crippen LogP contribution in [0.3, 0.4) is 0 Å². The molecule has 0 aromatic heterocycles. The number of methoxy groups -OCH3 is 1. The summed E-state index contributed by atoms with van der Waals surface area (Å²) in [6.45, 7) is 11.5. The average molecular weight is 374 g/mol. The van der Waals surface area contributed by atoms with Gasteiger partial charge in [-0.1, -0.05) is 27.2 Å². The topological polar surface area (TPSA) is 38.3 Å². The van der Waals surface area contributed by atoms with E-state index >= 15 is 0 Å². The molecule has 0 aliphatic rings. The molecule has 0 aliphatic carbocycles. The zero-order chi connectivity index (χ0) is 19.3. The quantitative estimate of drug-likeness (QED) is 0.593. The van der Waals surface area contributed by atoms with Gasteiger partial charge in [-0.15, -0.1) is 0 Å². The van der Waals surface area contributed by atoms with Crippen LogP contribution in [0.1, 0.15) is 56.2 Å². The summed E-state index contributed by atoms with van der Waals surface area (Å²) >= 11 is 0. The lowest BCUT2D eigenvalue weighted by atomic mass is 10.0. The molecule has 0 aliphatic heterocycles. The van der Waals surface area contributed by atoms with E-state index < -0.39 is 10.8 Å². The Morgan fingerprint density at radius 1 is 1.12 bits per heavy atom. The second-order valence-electron chi connectivity index (χ2n) is 7.05. The molecule has 2 aromatic rings. The van der Waals surface area contributed by atoms with Crippen molar-refractivity contribution in [1.29, 1.82) is 0 Å². The fraction of sp³-hybridized carbons (Fsp3) is 0.455. The number of hydrogen-bond acceptors (Lipinski definition) is 3. The monoisotopic (exact) mass is 373 g/mol. The van der Waals surface area contributed by atoms with E-state index in [1.807, 2.05) is 32.0 Å². The summed E-state index contributed by atoms with van der Waals surface area (Å²) in [6, 6.07) is 10.1. The summed E-state index contributed by atoms with van der Waals surface area (Å²) in [7, 11) is 0.471. The molecule has 0 saturated carbocycles. The molecule has 0 spiro atoms. The highest BCUT2D eigenvalue weighted by Crippen LogP contribution is 2.32. The predicted molar refractivity (Wildman–Crippen MR) is 111 cm³/mol. The van der Waals surface area contributed by atoms with E-state index in [4.69, 9.17) is 4.74 Å². The molecule has 0 heterocycles. The Morgan fingerprint density at radius 2 is 1.77 bits per heavy atom. The van der Waals surface area contributed by atoms with E-state index in [-0.39, 0.29) is 0 Å². The van der Waals surface area contributed by atoms with Crippen LogP contribution in [0.5, 0.6) is 5.75 Å². The smallest absolute Gasteiger partial charge is 0.122 e. The SMILES string of the molecule is CCCCNc1cc(C)c(S(=O)c2ccc(OC)c(C(C)C)c2)c(C)c1. The third kappa shape index (κ3) is 4.67. The number of ether oxygens (including phenoxy) is 1. The first-order chi connectivity index (χ1) is 12.4. The van der Waals surface area contributed by atoms with Crippen LogP contribution in [0.15, 0.2) is 40.1 Å². The maximum absolute atomic E-state index is 13.3. The summed E-state index contributed by atoms with van der Waals surface area (Å²) in [5, 5.41) is 3.46. The first kappa shape index (κ1) is 20.5. The van der Waals surface area contributed by atoms with Crippen LogP contribution in [0, 0.1) is 13.8 Å². The van der Waals surface area contributed by atoms with E-state index in [9.17, 15) is 4.21 Å². The van der Waals surface area contributed by atoms with Gasteiger partial charge in [0.05, 0.1) is 17.9 Å². The van der Waals surface area contributed by atoms with Crippen molar-refractivity contribution in [3.05, 3.63) is 47.0 Å². The average Bonchev–Trinajstić information content (AvgIpc) is 2.60. The Balaban J connectivity index is 2.36. The van der Waals surface area contributed by atoms with E-state index in [0.29, 0.717) is 5.92 Å². The Hall–Kier alpha value is -1.81. The van der Waals surface area contributed by atoms with Crippen molar-refractivity contribution >= 4 is 16.5 Å². The van der Waals surface area contributed by atoms with Gasteiger partial charge in [0.1, 0.15) is 5.75 Å². The van der Waals surface area contributed by atoms with Gasteiger partial charge < -0.3 is 10.1 Å². The Bertz CT molecular complexity index is 761. The zero-order valence-electron chi connectivity index (χ0n) is 16.8. The molecular weight excluding hydrogens is 342 g/mol. The van der Waals surface area contributed by atoms with E-state index in [1.165, 1.54) is 6.42 Å². The van der Waals surface area contributed by atoms with Crippen LogP contribution in [-0.2, 0) is 10.8 Å². The maximum Gasteiger partial charge on any atom is 0.122 e. The van der Waals surface area contributed by atoms with Gasteiger partial charge in [0.15, 0.2) is 0 Å². The van der Waals surface area contributed by atoms with Gasteiger partial charge >= 0.3 is 0 Å². The van der Waals surface area contributed by atoms with Crippen molar-refractivity contribution in [3.63, 3.8) is 0 Å². The van der Waals surface area contributed by atoms with Crippen molar-refractivity contribution in [2.24, 2.45) is 0 Å². The molecule has 1 N–H and O–H groups in total. The first-order valence-corrected chi connectivity index (χ1v) is 10.5. The van der Waals surface area contributed by atoms with Crippen molar-refractivity contribution in [3.8, 4) is 5.75 Å². The predicted octanol–water partition coefficient (Wildman–Crippen LogP) is 5.81. The summed E-state index contributed by atoms with van der Waals surface area (Å²) in [4.78, 5) is 1.73. The molecule has 0 amide bonds. The lowest BCUT2D eigenvalue weighted by Crippen LogP contribution is -2.05. The van der Waals surface area contributed by atoms with E-state index in [0.717, 1.165) is 50.9 Å². The molecular formula is C22H31NO2S. The Morgan fingerprint density at radius 3 is 2.31 bits per heavy atom. The van der Waals surface area contributed by atoms with E-state index in [1.54, 1.807) is 7.11 Å². The van der Waals surface area contributed by atoms with Gasteiger partial charge in [-0.05, 0) is 73.2 Å². The number of unbranched alkanes of at least 4 members (excludes halogenated alkanes) is 1. The number of nitrogens with one attached hydrogen (secondary N) is 1. The molecule has 26 heavy (non-hydrogen) atoms. The van der Waals surface area contributed by atoms with Crippen molar-refractivity contribution in [2.75, 3.05) is 19.0 Å². The van der Waals surface area contributed by atoms with Crippen LogP contribution < -0.4 is 10.1 Å². The molecule has 3 nitrogen and oxygen atoms in total. The van der Waals surface area contributed by atoms with Gasteiger partial charge in [-0.2, -0.15) is 0 Å². The molecule has 4 heteroatoms. The summed E-state index contributed by atoms with van der Waals surface area (Å²) in [5.41, 5.74) is 4.31. The summed E-state index contributed by atoms with van der Waals surface area (Å²) in [6.07, 6.45) is 2.32. The molecule has 0 bridgehead atoms. The molecule has 1 atom stereocenters. The highest BCUT2D eigenvalue weighted by atomic mass is 32.2. The summed E-state index contributed by atoms with van der Waals surface area (Å²) < 4.78 is 18.7. The minimum absolute atomic E-state index is 0.314. The third-order valence-corrected chi connectivity index (χ3v) is 6.24. The van der Waals surface area contributed by atoms with Gasteiger partial charge in [-0.3, -0.25) is 0 Å². The Kier molecular flexibility index (Phi) is 7.27. The minimum atomic E-state index is -1.21. The normalized spacial score (nSPS) is 12.3. The first-order valence-electron chi connectivity index (χ1n) is 9.33. The van der Waals surface area contributed by atoms with E-state index in [2.05, 4.69) is 38.2 Å². The fourth-order valence-corrected chi connectivity index (χ4v) is 4.52. The number of benzene rings is 2. The maximum atomic E-state index is 13.3. The zero-order valence-corrected chi connectivity index (χ0v) is 17.6. The van der Waals surface area contributed by atoms with Crippen LogP contribution in [0.2, 0.25) is 0 Å². The molecule has 142 valence electrons. The third-order valence-electron chi connectivity index (χ3n) is 4.54. The van der Waals surface area contributed by atoms with Gasteiger partial charge in [-0.25, -0.2) is 4.21 Å². The van der Waals surface area contributed by atoms with Gasteiger partial charge in [0.2, 0.25) is 0 Å². The number of anilines is 1. The molecule has 1 unspecified atom stereocenters. The lowest BCUT2D eigenvalue weighted by molar-refractivity contribution is 0.407. The standard InChI is InChI=1S/C22H31NO2S/c1-7-8-11-23-18-12-16(4)22(17(5)13-18)26(24)19-9-10-21(25-6)20(14-19)15(2)3/h9-10,12-15,23H,7-8,11H2,1-6H3. The molecule has 2 aromatic carbocycles. The second-order valence-corrected chi connectivity index (χ2v) is 8.46. The fourth-order valence-electron chi connectivity index (χ4n) is 3.15. The largest absolute Gasteiger partial charge is 0.496 e. The minimum Gasteiger partial charge on any atom is -0.496 e. The van der Waals surface area contributed by atoms with Crippen molar-refractivity contribution in [1.82, 2.24) is 0 Å². The van der Waals surface area contributed by atoms with Crippen LogP contribution in [0.4, 0.5) is 5.69 Å². The lowest BCUT2D eigenvalue weighted by Gasteiger charge is -2.16. The molecule has 0 radical (unpaired) electrons. The van der Waals surface area contributed by atoms with Crippen molar-refractivity contribution in [2.45, 2.75) is 63.2 Å². The van der Waals surface area contributed by atoms with Crippen LogP contribution in [-0.4, -0.2) is 17.9 Å². The highest BCUT2D eigenvalue weighted by Gasteiger charge is 2.17. The molecule has 0 fully saturated rings. The van der Waals surface area contributed by atoms with Gasteiger partial charge in [0, 0.05) is 22.0 Å². The highest BCUT2D eigenvalue weighted by molar-refractivity contribution is 7.85. The molecule has 2 rings (SSSR count). The van der Waals surface area contributed by atoms with Gasteiger partial charge in [0.25, 0.3) is 0 Å². The molecule has 0 saturated heterocycles. The summed E-state index contributed by atoms with van der Waals surface area (Å²) in [5.74, 6) is 1.17. The Labute approximate surface area is 160 Å². The number of aryl methyl sites for hydroxylation is 2. The number of hydrogen-bond donors (Lipinski definition) is 1. The van der Waals surface area contributed by atoms with Crippen LogP contribution in [0.25, 0.3) is 0 Å². The van der Waals surface area contributed by atoms with Crippen molar-refractivity contribution < 1.29 is 8.95 Å². The van der Waals surface area contributed by atoms with Crippen LogP contribution >= 0.6 is 0 Å². The number of rotatable bonds is 8. The second kappa shape index (κ2) is 9.22.